The Morgan fingerprint density at radius 1 is 1.19 bits per heavy atom. The predicted molar refractivity (Wildman–Crippen MR) is 104 cm³/mol. The van der Waals surface area contributed by atoms with Gasteiger partial charge in [0.2, 0.25) is 0 Å². The first-order valence-electron chi connectivity index (χ1n) is 9.11. The Balaban J connectivity index is 1.75. The van der Waals surface area contributed by atoms with Crippen LogP contribution in [0.1, 0.15) is 19.4 Å². The van der Waals surface area contributed by atoms with Crippen LogP contribution < -0.4 is 5.32 Å². The van der Waals surface area contributed by atoms with E-state index in [1.165, 1.54) is 5.57 Å². The monoisotopic (exact) mass is 377 g/mol. The smallest absolute Gasteiger partial charge is 0.317 e. The van der Waals surface area contributed by atoms with Gasteiger partial charge in [0, 0.05) is 32.2 Å². The summed E-state index contributed by atoms with van der Waals surface area (Å²) in [4.78, 5) is 16.2. The Labute approximate surface area is 155 Å². The van der Waals surface area contributed by atoms with Crippen molar-refractivity contribution in [2.45, 2.75) is 25.9 Å². The standard InChI is InChI=1S/C19H27N3O3S/c1-3-20-19(23)22-10-9-21(17-13-26(24,25)14-18(17)22)12-15(2)11-16-7-5-4-6-8-16/h4-8,11,17-18H,3,9-10,12-14H2,1-2H3,(H,20,23)/b15-11+/t17-,18+/m0/s1. The van der Waals surface area contributed by atoms with Crippen molar-refractivity contribution in [1.29, 1.82) is 0 Å². The van der Waals surface area contributed by atoms with E-state index in [2.05, 4.69) is 35.3 Å². The first-order valence-corrected chi connectivity index (χ1v) is 10.9. The van der Waals surface area contributed by atoms with Crippen LogP contribution in [0.3, 0.4) is 0 Å². The molecule has 1 N–H and O–H groups in total. The molecule has 0 bridgehead atoms. The number of sulfone groups is 1. The fraction of sp³-hybridized carbons (Fsp3) is 0.526. The summed E-state index contributed by atoms with van der Waals surface area (Å²) in [6.07, 6.45) is 2.13. The van der Waals surface area contributed by atoms with Gasteiger partial charge in [-0.2, -0.15) is 0 Å². The zero-order chi connectivity index (χ0) is 18.7. The number of rotatable bonds is 4. The molecule has 0 saturated carbocycles. The number of piperazine rings is 1. The van der Waals surface area contributed by atoms with Crippen LogP contribution in [0.15, 0.2) is 35.9 Å². The Kier molecular flexibility index (Phi) is 5.67. The molecule has 2 amide bonds. The number of hydrogen-bond donors (Lipinski definition) is 1. The lowest BCUT2D eigenvalue weighted by Gasteiger charge is -2.43. The average molecular weight is 378 g/mol. The fourth-order valence-electron chi connectivity index (χ4n) is 3.93. The third kappa shape index (κ3) is 4.27. The molecule has 0 aliphatic carbocycles. The lowest BCUT2D eigenvalue weighted by Crippen LogP contribution is -2.62. The molecule has 2 atom stereocenters. The van der Waals surface area contributed by atoms with Crippen LogP contribution >= 0.6 is 0 Å². The largest absolute Gasteiger partial charge is 0.338 e. The number of carbonyl (C=O) groups excluding carboxylic acids is 1. The van der Waals surface area contributed by atoms with Crippen LogP contribution in [0.4, 0.5) is 4.79 Å². The van der Waals surface area contributed by atoms with Gasteiger partial charge in [-0.25, -0.2) is 13.2 Å². The molecule has 26 heavy (non-hydrogen) atoms. The van der Waals surface area contributed by atoms with Gasteiger partial charge in [-0.05, 0) is 19.4 Å². The number of urea groups is 1. The van der Waals surface area contributed by atoms with Crippen molar-refractivity contribution in [2.75, 3.05) is 37.7 Å². The van der Waals surface area contributed by atoms with Crippen molar-refractivity contribution in [2.24, 2.45) is 0 Å². The highest BCUT2D eigenvalue weighted by atomic mass is 32.2. The Hall–Kier alpha value is -1.86. The lowest BCUT2D eigenvalue weighted by molar-refractivity contribution is 0.0724. The summed E-state index contributed by atoms with van der Waals surface area (Å²) in [5.41, 5.74) is 2.33. The minimum atomic E-state index is -3.12. The molecule has 3 rings (SSSR count). The summed E-state index contributed by atoms with van der Waals surface area (Å²) in [7, 11) is -3.12. The van der Waals surface area contributed by atoms with Gasteiger partial charge in [0.15, 0.2) is 9.84 Å². The molecule has 142 valence electrons. The van der Waals surface area contributed by atoms with E-state index in [1.54, 1.807) is 4.90 Å². The number of nitrogens with zero attached hydrogens (tertiary/aromatic N) is 2. The van der Waals surface area contributed by atoms with Crippen LogP contribution in [0.25, 0.3) is 6.08 Å². The molecule has 2 aliphatic rings. The maximum atomic E-state index is 12.3. The number of fused-ring (bicyclic) bond motifs is 1. The molecule has 2 saturated heterocycles. The molecule has 2 fully saturated rings. The van der Waals surface area contributed by atoms with Crippen LogP contribution in [0.5, 0.6) is 0 Å². The quantitative estimate of drug-likeness (QED) is 0.865. The molecular formula is C19H27N3O3S. The molecule has 0 aromatic heterocycles. The van der Waals surface area contributed by atoms with Crippen LogP contribution in [-0.2, 0) is 9.84 Å². The van der Waals surface area contributed by atoms with Gasteiger partial charge in [-0.3, -0.25) is 4.90 Å². The average Bonchev–Trinajstić information content (AvgIpc) is 2.91. The van der Waals surface area contributed by atoms with E-state index in [9.17, 15) is 13.2 Å². The molecule has 6 nitrogen and oxygen atoms in total. The van der Waals surface area contributed by atoms with E-state index >= 15 is 0 Å². The lowest BCUT2D eigenvalue weighted by atomic mass is 10.0. The molecule has 0 unspecified atom stereocenters. The van der Waals surface area contributed by atoms with Gasteiger partial charge < -0.3 is 10.2 Å². The summed E-state index contributed by atoms with van der Waals surface area (Å²) < 4.78 is 24.5. The molecule has 0 spiro atoms. The molecular weight excluding hydrogens is 350 g/mol. The molecule has 7 heteroatoms. The van der Waals surface area contributed by atoms with Crippen molar-refractivity contribution in [3.63, 3.8) is 0 Å². The van der Waals surface area contributed by atoms with E-state index in [0.717, 1.165) is 12.1 Å². The normalized spacial score (nSPS) is 25.8. The second-order valence-electron chi connectivity index (χ2n) is 7.11. The van der Waals surface area contributed by atoms with E-state index in [0.29, 0.717) is 19.6 Å². The van der Waals surface area contributed by atoms with E-state index in [-0.39, 0.29) is 29.6 Å². The van der Waals surface area contributed by atoms with Crippen LogP contribution in [0.2, 0.25) is 0 Å². The van der Waals surface area contributed by atoms with Crippen molar-refractivity contribution < 1.29 is 13.2 Å². The third-order valence-corrected chi connectivity index (χ3v) is 6.74. The van der Waals surface area contributed by atoms with E-state index < -0.39 is 9.84 Å². The van der Waals surface area contributed by atoms with Gasteiger partial charge >= 0.3 is 6.03 Å². The second-order valence-corrected chi connectivity index (χ2v) is 9.27. The number of carbonyl (C=O) groups is 1. The highest BCUT2D eigenvalue weighted by Crippen LogP contribution is 2.27. The van der Waals surface area contributed by atoms with E-state index in [1.807, 2.05) is 25.1 Å². The summed E-state index contributed by atoms with van der Waals surface area (Å²) in [6, 6.07) is 9.56. The molecule has 1 aromatic rings. The first-order chi connectivity index (χ1) is 12.4. The zero-order valence-electron chi connectivity index (χ0n) is 15.4. The number of amides is 2. The summed E-state index contributed by atoms with van der Waals surface area (Å²) in [5, 5.41) is 2.81. The minimum Gasteiger partial charge on any atom is -0.338 e. The Morgan fingerprint density at radius 2 is 1.88 bits per heavy atom. The summed E-state index contributed by atoms with van der Waals surface area (Å²) in [5.74, 6) is 0.193. The molecule has 2 aliphatic heterocycles. The van der Waals surface area contributed by atoms with Crippen molar-refractivity contribution in [3.8, 4) is 0 Å². The van der Waals surface area contributed by atoms with E-state index in [4.69, 9.17) is 0 Å². The SMILES string of the molecule is CCNC(=O)N1CCN(C/C(C)=C/c2ccccc2)[C@H]2CS(=O)(=O)C[C@H]21. The first kappa shape index (κ1) is 18.9. The second kappa shape index (κ2) is 7.80. The van der Waals surface area contributed by atoms with Gasteiger partial charge in [0.05, 0.1) is 17.5 Å². The van der Waals surface area contributed by atoms with Gasteiger partial charge in [0.1, 0.15) is 0 Å². The molecule has 0 radical (unpaired) electrons. The Morgan fingerprint density at radius 3 is 2.58 bits per heavy atom. The van der Waals surface area contributed by atoms with Crippen LogP contribution in [0, 0.1) is 0 Å². The van der Waals surface area contributed by atoms with Crippen molar-refractivity contribution >= 4 is 21.9 Å². The third-order valence-electron chi connectivity index (χ3n) is 5.04. The predicted octanol–water partition coefficient (Wildman–Crippen LogP) is 1.60. The minimum absolute atomic E-state index is 0.0623. The van der Waals surface area contributed by atoms with Crippen molar-refractivity contribution in [3.05, 3.63) is 41.5 Å². The van der Waals surface area contributed by atoms with Gasteiger partial charge in [0.25, 0.3) is 0 Å². The number of hydrogen-bond acceptors (Lipinski definition) is 4. The molecule has 1 aromatic carbocycles. The summed E-state index contributed by atoms with van der Waals surface area (Å²) in [6.45, 7) is 6.45. The Bertz CT molecular complexity index is 776. The summed E-state index contributed by atoms with van der Waals surface area (Å²) >= 11 is 0. The van der Waals surface area contributed by atoms with Crippen molar-refractivity contribution in [1.82, 2.24) is 15.1 Å². The van der Waals surface area contributed by atoms with Crippen LogP contribution in [-0.4, -0.2) is 74.0 Å². The topological polar surface area (TPSA) is 69.7 Å². The molecule has 2 heterocycles. The fourth-order valence-corrected chi connectivity index (χ4v) is 5.94. The number of nitrogens with one attached hydrogen (secondary N) is 1. The van der Waals surface area contributed by atoms with Gasteiger partial charge in [-0.15, -0.1) is 0 Å². The maximum Gasteiger partial charge on any atom is 0.317 e. The number of benzene rings is 1. The highest BCUT2D eigenvalue weighted by Gasteiger charge is 2.47. The van der Waals surface area contributed by atoms with Gasteiger partial charge in [-0.1, -0.05) is 42.0 Å². The highest BCUT2D eigenvalue weighted by molar-refractivity contribution is 7.91. The zero-order valence-corrected chi connectivity index (χ0v) is 16.2. The maximum absolute atomic E-state index is 12.3.